The summed E-state index contributed by atoms with van der Waals surface area (Å²) in [4.78, 5) is 14.2. The Bertz CT molecular complexity index is 643. The maximum atomic E-state index is 12.5. The largest absolute Gasteiger partial charge is 0.326 e. The molecule has 2 aromatic carbocycles. The standard InChI is InChI=1S/C19H24N2O.ClH/c1-19(2,3)16-9-11-17(12-10-16)21(4)18(22)15-7-5-14(13-20)6-8-15;/h5-12H,13,20H2,1-4H3;1H. The summed E-state index contributed by atoms with van der Waals surface area (Å²) in [7, 11) is 1.80. The van der Waals surface area contributed by atoms with E-state index in [0.29, 0.717) is 12.1 Å². The molecule has 0 aliphatic heterocycles. The zero-order valence-corrected chi connectivity index (χ0v) is 15.0. The number of hydrogen-bond donors (Lipinski definition) is 1. The van der Waals surface area contributed by atoms with E-state index in [4.69, 9.17) is 5.73 Å². The summed E-state index contributed by atoms with van der Waals surface area (Å²) in [6.07, 6.45) is 0. The molecule has 0 unspecified atom stereocenters. The Kier molecular flexibility index (Phi) is 6.37. The Morgan fingerprint density at radius 2 is 1.52 bits per heavy atom. The van der Waals surface area contributed by atoms with Crippen LogP contribution < -0.4 is 10.6 Å². The van der Waals surface area contributed by atoms with Gasteiger partial charge in [0.2, 0.25) is 0 Å². The molecule has 4 heteroatoms. The van der Waals surface area contributed by atoms with Crippen LogP contribution in [0.15, 0.2) is 48.5 Å². The number of amides is 1. The van der Waals surface area contributed by atoms with Crippen molar-refractivity contribution in [1.82, 2.24) is 0 Å². The van der Waals surface area contributed by atoms with Gasteiger partial charge < -0.3 is 10.6 Å². The minimum atomic E-state index is -0.0212. The van der Waals surface area contributed by atoms with Crippen molar-refractivity contribution in [3.05, 3.63) is 65.2 Å². The first-order valence-corrected chi connectivity index (χ1v) is 7.50. The van der Waals surface area contributed by atoms with Crippen molar-refractivity contribution < 1.29 is 4.79 Å². The van der Waals surface area contributed by atoms with Crippen molar-refractivity contribution in [2.24, 2.45) is 5.73 Å². The number of nitrogens with zero attached hydrogens (tertiary/aromatic N) is 1. The van der Waals surface area contributed by atoms with E-state index < -0.39 is 0 Å². The van der Waals surface area contributed by atoms with E-state index in [1.165, 1.54) is 5.56 Å². The molecule has 0 saturated carbocycles. The molecule has 0 spiro atoms. The third-order valence-corrected chi connectivity index (χ3v) is 3.86. The summed E-state index contributed by atoms with van der Waals surface area (Å²) in [5.74, 6) is -0.0212. The maximum absolute atomic E-state index is 12.5. The second-order valence-corrected chi connectivity index (χ2v) is 6.56. The van der Waals surface area contributed by atoms with Crippen molar-refractivity contribution in [2.75, 3.05) is 11.9 Å². The zero-order valence-electron chi connectivity index (χ0n) is 14.2. The molecule has 2 rings (SSSR count). The van der Waals surface area contributed by atoms with Crippen LogP contribution in [0, 0.1) is 0 Å². The summed E-state index contributed by atoms with van der Waals surface area (Å²) in [6.45, 7) is 7.01. The van der Waals surface area contributed by atoms with Gasteiger partial charge in [0.05, 0.1) is 0 Å². The van der Waals surface area contributed by atoms with Gasteiger partial charge in [-0.1, -0.05) is 45.0 Å². The Balaban J connectivity index is 0.00000264. The molecule has 124 valence electrons. The lowest BCUT2D eigenvalue weighted by molar-refractivity contribution is 0.0993. The van der Waals surface area contributed by atoms with Gasteiger partial charge in [0.1, 0.15) is 0 Å². The molecule has 0 fully saturated rings. The number of benzene rings is 2. The highest BCUT2D eigenvalue weighted by Gasteiger charge is 2.16. The quantitative estimate of drug-likeness (QED) is 0.918. The lowest BCUT2D eigenvalue weighted by Gasteiger charge is -2.22. The van der Waals surface area contributed by atoms with Crippen LogP contribution in [0.25, 0.3) is 0 Å². The van der Waals surface area contributed by atoms with Gasteiger partial charge in [-0.3, -0.25) is 4.79 Å². The Hall–Kier alpha value is -1.84. The van der Waals surface area contributed by atoms with Crippen LogP contribution in [0.1, 0.15) is 42.3 Å². The molecule has 3 nitrogen and oxygen atoms in total. The molecule has 23 heavy (non-hydrogen) atoms. The van der Waals surface area contributed by atoms with Gasteiger partial charge >= 0.3 is 0 Å². The highest BCUT2D eigenvalue weighted by atomic mass is 35.5. The first-order valence-electron chi connectivity index (χ1n) is 7.50. The summed E-state index contributed by atoms with van der Waals surface area (Å²) in [5, 5.41) is 0. The van der Waals surface area contributed by atoms with Gasteiger partial charge in [-0.25, -0.2) is 0 Å². The van der Waals surface area contributed by atoms with Gasteiger partial charge in [-0.2, -0.15) is 0 Å². The second kappa shape index (κ2) is 7.62. The Morgan fingerprint density at radius 1 is 1.00 bits per heavy atom. The number of nitrogens with two attached hydrogens (primary N) is 1. The van der Waals surface area contributed by atoms with E-state index in [1.54, 1.807) is 11.9 Å². The first-order chi connectivity index (χ1) is 10.3. The summed E-state index contributed by atoms with van der Waals surface area (Å²) >= 11 is 0. The van der Waals surface area contributed by atoms with E-state index in [1.807, 2.05) is 36.4 Å². The molecule has 2 aromatic rings. The summed E-state index contributed by atoms with van der Waals surface area (Å²) in [5.41, 5.74) is 9.52. The fourth-order valence-corrected chi connectivity index (χ4v) is 2.28. The minimum Gasteiger partial charge on any atom is -0.326 e. The summed E-state index contributed by atoms with van der Waals surface area (Å²) < 4.78 is 0. The fourth-order valence-electron chi connectivity index (χ4n) is 2.28. The predicted molar refractivity (Wildman–Crippen MR) is 99.5 cm³/mol. The lowest BCUT2D eigenvalue weighted by Crippen LogP contribution is -2.26. The van der Waals surface area contributed by atoms with Crippen molar-refractivity contribution >= 4 is 24.0 Å². The average Bonchev–Trinajstić information content (AvgIpc) is 2.53. The van der Waals surface area contributed by atoms with Crippen LogP contribution in [0.2, 0.25) is 0 Å². The van der Waals surface area contributed by atoms with Crippen molar-refractivity contribution in [3.63, 3.8) is 0 Å². The molecule has 1 amide bonds. The molecular formula is C19H25ClN2O. The first kappa shape index (κ1) is 19.2. The molecule has 0 bridgehead atoms. The van der Waals surface area contributed by atoms with Crippen LogP contribution in [-0.4, -0.2) is 13.0 Å². The molecule has 0 aromatic heterocycles. The molecule has 2 N–H and O–H groups in total. The molecule has 0 heterocycles. The number of rotatable bonds is 3. The number of hydrogen-bond acceptors (Lipinski definition) is 2. The minimum absolute atomic E-state index is 0. The van der Waals surface area contributed by atoms with Crippen molar-refractivity contribution in [1.29, 1.82) is 0 Å². The van der Waals surface area contributed by atoms with E-state index in [-0.39, 0.29) is 23.7 Å². The number of carbonyl (C=O) groups excluding carboxylic acids is 1. The van der Waals surface area contributed by atoms with E-state index in [0.717, 1.165) is 11.3 Å². The summed E-state index contributed by atoms with van der Waals surface area (Å²) in [6, 6.07) is 15.6. The second-order valence-electron chi connectivity index (χ2n) is 6.56. The number of anilines is 1. The fraction of sp³-hybridized carbons (Fsp3) is 0.316. The molecular weight excluding hydrogens is 308 g/mol. The van der Waals surface area contributed by atoms with Crippen LogP contribution in [0.4, 0.5) is 5.69 Å². The highest BCUT2D eigenvalue weighted by Crippen LogP contribution is 2.25. The SMILES string of the molecule is CN(C(=O)c1ccc(CN)cc1)c1ccc(C(C)(C)C)cc1.Cl. The third-order valence-electron chi connectivity index (χ3n) is 3.86. The molecule has 0 aliphatic rings. The van der Waals surface area contributed by atoms with E-state index in [2.05, 4.69) is 32.9 Å². The van der Waals surface area contributed by atoms with Gasteiger partial charge in [0, 0.05) is 24.8 Å². The van der Waals surface area contributed by atoms with Gasteiger partial charge in [-0.15, -0.1) is 12.4 Å². The average molecular weight is 333 g/mol. The van der Waals surface area contributed by atoms with Crippen LogP contribution >= 0.6 is 12.4 Å². The molecule has 0 saturated heterocycles. The zero-order chi connectivity index (χ0) is 16.3. The van der Waals surface area contributed by atoms with Gasteiger partial charge in [0.15, 0.2) is 0 Å². The number of carbonyl (C=O) groups is 1. The number of halogens is 1. The monoisotopic (exact) mass is 332 g/mol. The Labute approximate surface area is 144 Å². The predicted octanol–water partition coefficient (Wildman–Crippen LogP) is 4.14. The maximum Gasteiger partial charge on any atom is 0.258 e. The van der Waals surface area contributed by atoms with Crippen LogP contribution in [0.3, 0.4) is 0 Å². The highest BCUT2D eigenvalue weighted by molar-refractivity contribution is 6.05. The van der Waals surface area contributed by atoms with Crippen molar-refractivity contribution in [2.45, 2.75) is 32.7 Å². The van der Waals surface area contributed by atoms with Crippen molar-refractivity contribution in [3.8, 4) is 0 Å². The molecule has 0 aliphatic carbocycles. The molecule has 0 atom stereocenters. The lowest BCUT2D eigenvalue weighted by atomic mass is 9.87. The molecule has 0 radical (unpaired) electrons. The van der Waals surface area contributed by atoms with Crippen LogP contribution in [0.5, 0.6) is 0 Å². The van der Waals surface area contributed by atoms with Gasteiger partial charge in [-0.05, 0) is 40.8 Å². The third kappa shape index (κ3) is 4.57. The van der Waals surface area contributed by atoms with Gasteiger partial charge in [0.25, 0.3) is 5.91 Å². The Morgan fingerprint density at radius 3 is 1.96 bits per heavy atom. The van der Waals surface area contributed by atoms with E-state index in [9.17, 15) is 4.79 Å². The topological polar surface area (TPSA) is 46.3 Å². The normalized spacial score (nSPS) is 10.8. The van der Waals surface area contributed by atoms with Crippen LogP contribution in [-0.2, 0) is 12.0 Å². The van der Waals surface area contributed by atoms with E-state index >= 15 is 0 Å². The smallest absolute Gasteiger partial charge is 0.258 e.